The first-order valence-corrected chi connectivity index (χ1v) is 10.7. The number of carbonyl (C=O) groups excluding carboxylic acids is 1. The van der Waals surface area contributed by atoms with Crippen LogP contribution in [0.1, 0.15) is 33.6 Å². The van der Waals surface area contributed by atoms with Crippen LogP contribution in [0.4, 0.5) is 4.79 Å². The smallest absolute Gasteiger partial charge is 0.407 e. The fourth-order valence-electron chi connectivity index (χ4n) is 2.57. The van der Waals surface area contributed by atoms with Crippen LogP contribution in [0.3, 0.4) is 0 Å². The second kappa shape index (κ2) is 11.9. The van der Waals surface area contributed by atoms with Crippen molar-refractivity contribution in [3.8, 4) is 0 Å². The Morgan fingerprint density at radius 2 is 1.70 bits per heavy atom. The monoisotopic (exact) mass is 519 g/mol. The zero-order chi connectivity index (χ0) is 19.8. The maximum absolute atomic E-state index is 11.5. The third-order valence-corrected chi connectivity index (χ3v) is 5.21. The van der Waals surface area contributed by atoms with E-state index in [9.17, 15) is 13.2 Å². The van der Waals surface area contributed by atoms with Gasteiger partial charge in [0.15, 0.2) is 5.96 Å². The Kier molecular flexibility index (Phi) is 11.5. The lowest BCUT2D eigenvalue weighted by Gasteiger charge is -2.30. The molecular formula is C16H34IN5O4S. The molecule has 0 radical (unpaired) electrons. The minimum Gasteiger partial charge on any atom is -0.444 e. The summed E-state index contributed by atoms with van der Waals surface area (Å²) in [6.07, 6.45) is 2.47. The van der Waals surface area contributed by atoms with Gasteiger partial charge in [-0.05, 0) is 39.5 Å². The van der Waals surface area contributed by atoms with Crippen molar-refractivity contribution < 1.29 is 17.9 Å². The van der Waals surface area contributed by atoms with Gasteiger partial charge < -0.3 is 20.7 Å². The maximum atomic E-state index is 11.5. The van der Waals surface area contributed by atoms with Gasteiger partial charge >= 0.3 is 6.09 Å². The van der Waals surface area contributed by atoms with Crippen molar-refractivity contribution in [2.45, 2.75) is 39.2 Å². The van der Waals surface area contributed by atoms with E-state index in [1.54, 1.807) is 7.05 Å². The molecule has 160 valence electrons. The summed E-state index contributed by atoms with van der Waals surface area (Å²) in [7, 11) is -1.40. The first-order valence-electron chi connectivity index (χ1n) is 8.88. The Labute approximate surface area is 180 Å². The van der Waals surface area contributed by atoms with Crippen molar-refractivity contribution in [2.24, 2.45) is 10.9 Å². The minimum atomic E-state index is -3.09. The van der Waals surface area contributed by atoms with Gasteiger partial charge in [-0.1, -0.05) is 0 Å². The van der Waals surface area contributed by atoms with E-state index in [0.717, 1.165) is 19.4 Å². The third kappa shape index (κ3) is 11.6. The van der Waals surface area contributed by atoms with Crippen LogP contribution in [0.5, 0.6) is 0 Å². The highest BCUT2D eigenvalue weighted by Gasteiger charge is 2.24. The molecule has 0 atom stereocenters. The summed E-state index contributed by atoms with van der Waals surface area (Å²) in [6, 6.07) is 0. The lowest BCUT2D eigenvalue weighted by molar-refractivity contribution is 0.0529. The highest BCUT2D eigenvalue weighted by atomic mass is 127. The second-order valence-electron chi connectivity index (χ2n) is 7.41. The average molecular weight is 519 g/mol. The molecule has 0 aromatic rings. The number of hydrogen-bond donors (Lipinski definition) is 3. The molecule has 27 heavy (non-hydrogen) atoms. The first-order chi connectivity index (χ1) is 12.0. The van der Waals surface area contributed by atoms with Crippen molar-refractivity contribution >= 4 is 46.1 Å². The van der Waals surface area contributed by atoms with Gasteiger partial charge in [-0.25, -0.2) is 17.5 Å². The summed E-state index contributed by atoms with van der Waals surface area (Å²) in [6.45, 7) is 8.25. The largest absolute Gasteiger partial charge is 0.444 e. The van der Waals surface area contributed by atoms with E-state index in [1.807, 2.05) is 20.8 Å². The van der Waals surface area contributed by atoms with Crippen LogP contribution in [-0.4, -0.2) is 76.4 Å². The molecule has 0 spiro atoms. The summed E-state index contributed by atoms with van der Waals surface area (Å²) in [4.78, 5) is 15.7. The molecule has 1 fully saturated rings. The zero-order valence-electron chi connectivity index (χ0n) is 16.9. The lowest BCUT2D eigenvalue weighted by atomic mass is 9.98. The van der Waals surface area contributed by atoms with E-state index in [2.05, 4.69) is 20.9 Å². The van der Waals surface area contributed by atoms with Gasteiger partial charge in [-0.3, -0.25) is 4.99 Å². The van der Waals surface area contributed by atoms with E-state index in [-0.39, 0.29) is 24.0 Å². The highest BCUT2D eigenvalue weighted by Crippen LogP contribution is 2.18. The van der Waals surface area contributed by atoms with Gasteiger partial charge in [0.25, 0.3) is 0 Å². The van der Waals surface area contributed by atoms with Crippen molar-refractivity contribution in [3.63, 3.8) is 0 Å². The van der Waals surface area contributed by atoms with Crippen molar-refractivity contribution in [1.29, 1.82) is 0 Å². The number of guanidine groups is 1. The fraction of sp³-hybridized carbons (Fsp3) is 0.875. The molecule has 0 aromatic carbocycles. The SMILES string of the molecule is CN=C(NCCNC(=O)OC(C)(C)C)NCC1CCN(S(C)(=O)=O)CC1.I. The van der Waals surface area contributed by atoms with E-state index in [0.29, 0.717) is 38.1 Å². The average Bonchev–Trinajstić information content (AvgIpc) is 2.52. The minimum absolute atomic E-state index is 0. The number of alkyl carbamates (subject to hydrolysis) is 1. The number of nitrogens with one attached hydrogen (secondary N) is 3. The Morgan fingerprint density at radius 1 is 1.15 bits per heavy atom. The molecule has 0 bridgehead atoms. The molecule has 0 aromatic heterocycles. The molecule has 1 rings (SSSR count). The topological polar surface area (TPSA) is 112 Å². The molecule has 1 aliphatic rings. The van der Waals surface area contributed by atoms with Crippen molar-refractivity contribution in [3.05, 3.63) is 0 Å². The van der Waals surface area contributed by atoms with Gasteiger partial charge in [0.1, 0.15) is 5.60 Å². The molecule has 1 heterocycles. The molecule has 0 unspecified atom stereocenters. The van der Waals surface area contributed by atoms with Crippen molar-refractivity contribution in [2.75, 3.05) is 46.0 Å². The van der Waals surface area contributed by atoms with E-state index in [1.165, 1.54) is 10.6 Å². The molecule has 0 aliphatic carbocycles. The first kappa shape index (κ1) is 26.2. The molecule has 1 amide bonds. The molecule has 1 aliphatic heterocycles. The van der Waals surface area contributed by atoms with Crippen LogP contribution in [0.2, 0.25) is 0 Å². The predicted molar refractivity (Wildman–Crippen MR) is 118 cm³/mol. The summed E-state index contributed by atoms with van der Waals surface area (Å²) in [5, 5.41) is 9.04. The fourth-order valence-corrected chi connectivity index (χ4v) is 3.44. The molecule has 3 N–H and O–H groups in total. The number of hydrogen-bond acceptors (Lipinski definition) is 5. The summed E-state index contributed by atoms with van der Waals surface area (Å²) in [5.74, 6) is 1.06. The second-order valence-corrected chi connectivity index (χ2v) is 9.40. The van der Waals surface area contributed by atoms with Crippen LogP contribution < -0.4 is 16.0 Å². The Bertz CT molecular complexity index is 584. The normalized spacial score (nSPS) is 17.0. The maximum Gasteiger partial charge on any atom is 0.407 e. The van der Waals surface area contributed by atoms with E-state index in [4.69, 9.17) is 4.74 Å². The van der Waals surface area contributed by atoms with Crippen LogP contribution >= 0.6 is 24.0 Å². The number of ether oxygens (including phenoxy) is 1. The number of sulfonamides is 1. The van der Waals surface area contributed by atoms with Gasteiger partial charge in [0.05, 0.1) is 6.26 Å². The number of amides is 1. The van der Waals surface area contributed by atoms with Gasteiger partial charge in [-0.2, -0.15) is 0 Å². The van der Waals surface area contributed by atoms with E-state index < -0.39 is 21.7 Å². The molecule has 9 nitrogen and oxygen atoms in total. The number of rotatable bonds is 6. The van der Waals surface area contributed by atoms with Crippen LogP contribution in [0.25, 0.3) is 0 Å². The highest BCUT2D eigenvalue weighted by molar-refractivity contribution is 14.0. The zero-order valence-corrected chi connectivity index (χ0v) is 20.0. The summed E-state index contributed by atoms with van der Waals surface area (Å²) in [5.41, 5.74) is -0.512. The number of piperidine rings is 1. The van der Waals surface area contributed by atoms with Crippen LogP contribution in [-0.2, 0) is 14.8 Å². The van der Waals surface area contributed by atoms with Crippen LogP contribution in [0.15, 0.2) is 4.99 Å². The van der Waals surface area contributed by atoms with Gasteiger partial charge in [-0.15, -0.1) is 24.0 Å². The quantitative estimate of drug-likeness (QED) is 0.209. The standard InChI is InChI=1S/C16H33N5O4S.HI/c1-16(2,3)25-15(22)19-9-8-18-14(17-4)20-12-13-6-10-21(11-7-13)26(5,23)24;/h13H,6-12H2,1-5H3,(H,19,22)(H2,17,18,20);1H. The van der Waals surface area contributed by atoms with Crippen molar-refractivity contribution in [1.82, 2.24) is 20.3 Å². The van der Waals surface area contributed by atoms with E-state index >= 15 is 0 Å². The number of carbonyl (C=O) groups is 1. The lowest BCUT2D eigenvalue weighted by Crippen LogP contribution is -2.45. The van der Waals surface area contributed by atoms with Gasteiger partial charge in [0.2, 0.25) is 10.0 Å². The summed E-state index contributed by atoms with van der Waals surface area (Å²) >= 11 is 0. The Hall–Kier alpha value is -0.820. The van der Waals surface area contributed by atoms with Crippen LogP contribution in [0, 0.1) is 5.92 Å². The third-order valence-electron chi connectivity index (χ3n) is 3.91. The number of nitrogens with zero attached hydrogens (tertiary/aromatic N) is 2. The molecule has 11 heteroatoms. The predicted octanol–water partition coefficient (Wildman–Crippen LogP) is 0.966. The number of aliphatic imine (C=N–C) groups is 1. The Morgan fingerprint density at radius 3 is 2.19 bits per heavy atom. The molecule has 0 saturated carbocycles. The number of halogens is 1. The molecule has 1 saturated heterocycles. The summed E-state index contributed by atoms with van der Waals surface area (Å²) < 4.78 is 29.7. The molecular weight excluding hydrogens is 485 g/mol. The van der Waals surface area contributed by atoms with Gasteiger partial charge in [0, 0.05) is 39.8 Å². The Balaban J connectivity index is 0.00000676.